The highest BCUT2D eigenvalue weighted by molar-refractivity contribution is 4.76. The lowest BCUT2D eigenvalue weighted by Gasteiger charge is -2.30. The summed E-state index contributed by atoms with van der Waals surface area (Å²) in [5.74, 6) is 1.26. The van der Waals surface area contributed by atoms with Crippen LogP contribution in [0, 0.1) is 17.3 Å². The second-order valence-corrected chi connectivity index (χ2v) is 5.61. The van der Waals surface area contributed by atoms with Gasteiger partial charge in [0.05, 0.1) is 0 Å². The Morgan fingerprint density at radius 3 is 2.00 bits per heavy atom. The summed E-state index contributed by atoms with van der Waals surface area (Å²) in [6, 6.07) is 0.282. The Hall–Kier alpha value is -0.0800. The number of nitrogens with two attached hydrogens (primary N) is 1. The lowest BCUT2D eigenvalue weighted by Crippen LogP contribution is -2.39. The number of hydrogen-bond donors (Lipinski definition) is 2. The van der Waals surface area contributed by atoms with Crippen molar-refractivity contribution in [3.05, 3.63) is 0 Å². The van der Waals surface area contributed by atoms with Gasteiger partial charge in [0.1, 0.15) is 0 Å². The Balaban J connectivity index is 3.74. The van der Waals surface area contributed by atoms with Crippen molar-refractivity contribution in [2.24, 2.45) is 23.0 Å². The van der Waals surface area contributed by atoms with E-state index in [9.17, 15) is 0 Å². The average Bonchev–Trinajstić information content (AvgIpc) is 2.03. The molecular formula is C12H28N2. The molecule has 14 heavy (non-hydrogen) atoms. The topological polar surface area (TPSA) is 38.0 Å². The third-order valence-corrected chi connectivity index (χ3v) is 3.51. The van der Waals surface area contributed by atoms with E-state index in [-0.39, 0.29) is 6.04 Å². The van der Waals surface area contributed by atoms with Gasteiger partial charge in [-0.3, -0.25) is 0 Å². The van der Waals surface area contributed by atoms with Crippen molar-refractivity contribution >= 4 is 0 Å². The van der Waals surface area contributed by atoms with Gasteiger partial charge < -0.3 is 11.1 Å². The van der Waals surface area contributed by atoms with Crippen molar-refractivity contribution in [3.8, 4) is 0 Å². The van der Waals surface area contributed by atoms with Crippen molar-refractivity contribution in [2.45, 2.75) is 47.6 Å². The molecule has 0 aliphatic heterocycles. The van der Waals surface area contributed by atoms with E-state index >= 15 is 0 Å². The lowest BCUT2D eigenvalue weighted by atomic mass is 9.81. The number of rotatable bonds is 6. The fourth-order valence-corrected chi connectivity index (χ4v) is 1.01. The molecule has 0 aromatic carbocycles. The molecule has 0 saturated heterocycles. The zero-order chi connectivity index (χ0) is 11.4. The van der Waals surface area contributed by atoms with Gasteiger partial charge in [0.25, 0.3) is 0 Å². The van der Waals surface area contributed by atoms with Crippen molar-refractivity contribution < 1.29 is 0 Å². The maximum atomic E-state index is 5.81. The third kappa shape index (κ3) is 4.97. The lowest BCUT2D eigenvalue weighted by molar-refractivity contribution is 0.232. The molecule has 0 aliphatic rings. The van der Waals surface area contributed by atoms with Crippen molar-refractivity contribution in [3.63, 3.8) is 0 Å². The highest BCUT2D eigenvalue weighted by atomic mass is 14.9. The zero-order valence-electron chi connectivity index (χ0n) is 10.7. The van der Waals surface area contributed by atoms with Crippen LogP contribution in [0.4, 0.5) is 0 Å². The fourth-order valence-electron chi connectivity index (χ4n) is 1.01. The van der Waals surface area contributed by atoms with Crippen LogP contribution in [-0.4, -0.2) is 19.1 Å². The minimum atomic E-state index is 0.282. The molecule has 0 amide bonds. The van der Waals surface area contributed by atoms with Crippen LogP contribution in [0.15, 0.2) is 0 Å². The monoisotopic (exact) mass is 200 g/mol. The van der Waals surface area contributed by atoms with E-state index in [0.29, 0.717) is 17.3 Å². The predicted molar refractivity (Wildman–Crippen MR) is 64.3 cm³/mol. The normalized spacial score (nSPS) is 17.1. The van der Waals surface area contributed by atoms with Crippen LogP contribution in [-0.2, 0) is 0 Å². The summed E-state index contributed by atoms with van der Waals surface area (Å²) in [7, 11) is 0. The van der Waals surface area contributed by atoms with Crippen molar-refractivity contribution in [1.82, 2.24) is 5.32 Å². The molecule has 0 bridgehead atoms. The minimum absolute atomic E-state index is 0.282. The molecule has 2 nitrogen and oxygen atoms in total. The highest BCUT2D eigenvalue weighted by Gasteiger charge is 2.21. The van der Waals surface area contributed by atoms with Crippen LogP contribution in [0.3, 0.4) is 0 Å². The van der Waals surface area contributed by atoms with Crippen molar-refractivity contribution in [2.75, 3.05) is 13.1 Å². The fraction of sp³-hybridized carbons (Fsp3) is 1.00. The SMILES string of the molecule is CC(N)C(C)CNCC(C)(C)C(C)C. The number of nitrogens with one attached hydrogen (secondary N) is 1. The van der Waals surface area contributed by atoms with Gasteiger partial charge in [-0.15, -0.1) is 0 Å². The summed E-state index contributed by atoms with van der Waals surface area (Å²) in [6.45, 7) is 15.5. The quantitative estimate of drug-likeness (QED) is 0.690. The molecule has 0 aromatic rings. The highest BCUT2D eigenvalue weighted by Crippen LogP contribution is 2.24. The van der Waals surface area contributed by atoms with Gasteiger partial charge in [0.15, 0.2) is 0 Å². The van der Waals surface area contributed by atoms with Gasteiger partial charge >= 0.3 is 0 Å². The molecule has 0 saturated carbocycles. The molecule has 3 N–H and O–H groups in total. The smallest absolute Gasteiger partial charge is 0.00482 e. The first-order valence-electron chi connectivity index (χ1n) is 5.73. The summed E-state index contributed by atoms with van der Waals surface area (Å²) in [6.07, 6.45) is 0. The van der Waals surface area contributed by atoms with Gasteiger partial charge in [-0.2, -0.15) is 0 Å². The maximum Gasteiger partial charge on any atom is 0.00482 e. The van der Waals surface area contributed by atoms with E-state index in [4.69, 9.17) is 5.73 Å². The molecule has 0 radical (unpaired) electrons. The summed E-state index contributed by atoms with van der Waals surface area (Å²) >= 11 is 0. The molecule has 0 aromatic heterocycles. The van der Waals surface area contributed by atoms with Crippen LogP contribution < -0.4 is 11.1 Å². The Kier molecular flexibility index (Phi) is 5.68. The Morgan fingerprint density at radius 2 is 1.64 bits per heavy atom. The van der Waals surface area contributed by atoms with Gasteiger partial charge in [-0.1, -0.05) is 34.6 Å². The van der Waals surface area contributed by atoms with E-state index in [1.54, 1.807) is 0 Å². The molecular weight excluding hydrogens is 172 g/mol. The van der Waals surface area contributed by atoms with Crippen LogP contribution in [0.2, 0.25) is 0 Å². The molecule has 0 rings (SSSR count). The first-order chi connectivity index (χ1) is 6.27. The summed E-state index contributed by atoms with van der Waals surface area (Å²) in [5.41, 5.74) is 6.18. The van der Waals surface area contributed by atoms with E-state index in [1.807, 2.05) is 0 Å². The third-order valence-electron chi connectivity index (χ3n) is 3.51. The Bertz CT molecular complexity index is 150. The summed E-state index contributed by atoms with van der Waals surface area (Å²) in [5, 5.41) is 3.51. The molecule has 2 unspecified atom stereocenters. The van der Waals surface area contributed by atoms with Crippen LogP contribution in [0.5, 0.6) is 0 Å². The van der Waals surface area contributed by atoms with Crippen molar-refractivity contribution in [1.29, 1.82) is 0 Å². The van der Waals surface area contributed by atoms with E-state index in [0.717, 1.165) is 13.1 Å². The molecule has 2 heteroatoms. The first kappa shape index (κ1) is 13.9. The molecule has 0 fully saturated rings. The Labute approximate surface area is 89.6 Å². The zero-order valence-corrected chi connectivity index (χ0v) is 10.7. The summed E-state index contributed by atoms with van der Waals surface area (Å²) in [4.78, 5) is 0. The standard InChI is InChI=1S/C12H28N2/c1-9(2)12(5,6)8-14-7-10(3)11(4)13/h9-11,14H,7-8,13H2,1-6H3. The molecule has 86 valence electrons. The molecule has 0 aliphatic carbocycles. The second-order valence-electron chi connectivity index (χ2n) is 5.61. The Morgan fingerprint density at radius 1 is 1.14 bits per heavy atom. The van der Waals surface area contributed by atoms with Crippen LogP contribution in [0.25, 0.3) is 0 Å². The molecule has 0 spiro atoms. The van der Waals surface area contributed by atoms with Crippen LogP contribution >= 0.6 is 0 Å². The largest absolute Gasteiger partial charge is 0.328 e. The second kappa shape index (κ2) is 5.72. The number of hydrogen-bond acceptors (Lipinski definition) is 2. The van der Waals surface area contributed by atoms with Crippen LogP contribution in [0.1, 0.15) is 41.5 Å². The maximum absolute atomic E-state index is 5.81. The van der Waals surface area contributed by atoms with Gasteiger partial charge in [0.2, 0.25) is 0 Å². The molecule has 2 atom stereocenters. The van der Waals surface area contributed by atoms with Gasteiger partial charge in [-0.05, 0) is 30.7 Å². The summed E-state index contributed by atoms with van der Waals surface area (Å²) < 4.78 is 0. The predicted octanol–water partition coefficient (Wildman–Crippen LogP) is 2.24. The van der Waals surface area contributed by atoms with Gasteiger partial charge in [-0.25, -0.2) is 0 Å². The molecule has 0 heterocycles. The van der Waals surface area contributed by atoms with Gasteiger partial charge in [0, 0.05) is 12.6 Å². The van der Waals surface area contributed by atoms with E-state index < -0.39 is 0 Å². The minimum Gasteiger partial charge on any atom is -0.328 e. The van der Waals surface area contributed by atoms with E-state index in [1.165, 1.54) is 0 Å². The first-order valence-corrected chi connectivity index (χ1v) is 5.73. The average molecular weight is 200 g/mol. The van der Waals surface area contributed by atoms with E-state index in [2.05, 4.69) is 46.9 Å².